The van der Waals surface area contributed by atoms with Crippen LogP contribution < -0.4 is 15.4 Å². The maximum atomic E-state index is 11.9. The molecular weight excluding hydrogens is 344 g/mol. The molecule has 1 aliphatic carbocycles. The van der Waals surface area contributed by atoms with Gasteiger partial charge in [0.15, 0.2) is 0 Å². The smallest absolute Gasteiger partial charge is 0.407 e. The minimum absolute atomic E-state index is 0.140. The molecule has 0 spiro atoms. The Balaban J connectivity index is 1.47. The normalized spacial score (nSPS) is 25.7. The van der Waals surface area contributed by atoms with E-state index < -0.39 is 5.60 Å². The topological polar surface area (TPSA) is 68.8 Å². The molecule has 2 aliphatic rings. The van der Waals surface area contributed by atoms with E-state index >= 15 is 0 Å². The molecule has 27 heavy (non-hydrogen) atoms. The van der Waals surface area contributed by atoms with Gasteiger partial charge in [0.05, 0.1) is 18.9 Å². The van der Waals surface area contributed by atoms with E-state index in [0.717, 1.165) is 50.1 Å². The highest BCUT2D eigenvalue weighted by Crippen LogP contribution is 2.30. The van der Waals surface area contributed by atoms with Crippen molar-refractivity contribution in [3.05, 3.63) is 24.3 Å². The molecule has 1 saturated heterocycles. The summed E-state index contributed by atoms with van der Waals surface area (Å²) in [6, 6.07) is 8.66. The summed E-state index contributed by atoms with van der Waals surface area (Å²) >= 11 is 0. The summed E-state index contributed by atoms with van der Waals surface area (Å²) in [7, 11) is 0. The molecule has 0 bridgehead atoms. The molecular formula is C21H32N2O4. The third kappa shape index (κ3) is 6.31. The molecule has 1 amide bonds. The summed E-state index contributed by atoms with van der Waals surface area (Å²) in [4.78, 5) is 11.9. The molecule has 1 heterocycles. The molecule has 1 aromatic rings. The molecule has 1 atom stereocenters. The van der Waals surface area contributed by atoms with Gasteiger partial charge in [-0.25, -0.2) is 4.79 Å². The molecule has 1 saturated carbocycles. The number of carbonyl (C=O) groups excluding carboxylic acids is 1. The first-order chi connectivity index (χ1) is 12.9. The predicted molar refractivity (Wildman–Crippen MR) is 105 cm³/mol. The third-order valence-electron chi connectivity index (χ3n) is 4.88. The number of para-hydroxylation sites is 2. The lowest BCUT2D eigenvalue weighted by molar-refractivity contribution is 0.0492. The minimum Gasteiger partial charge on any atom is -0.486 e. The fraction of sp³-hybridized carbons (Fsp3) is 0.667. The highest BCUT2D eigenvalue weighted by atomic mass is 16.6. The quantitative estimate of drug-likeness (QED) is 0.810. The molecule has 3 rings (SSSR count). The van der Waals surface area contributed by atoms with Gasteiger partial charge in [-0.05, 0) is 58.6 Å². The second-order valence-electron chi connectivity index (χ2n) is 8.44. The first-order valence-corrected chi connectivity index (χ1v) is 9.98. The van der Waals surface area contributed by atoms with E-state index in [-0.39, 0.29) is 18.2 Å². The van der Waals surface area contributed by atoms with Gasteiger partial charge in [0.1, 0.15) is 17.5 Å². The number of rotatable bonds is 5. The number of carbonyl (C=O) groups is 1. The number of anilines is 1. The van der Waals surface area contributed by atoms with Crippen LogP contribution in [-0.4, -0.2) is 43.1 Å². The summed E-state index contributed by atoms with van der Waals surface area (Å²) < 4.78 is 16.9. The number of amides is 1. The van der Waals surface area contributed by atoms with E-state index in [1.54, 1.807) is 0 Å². The monoisotopic (exact) mass is 376 g/mol. The maximum absolute atomic E-state index is 11.9. The van der Waals surface area contributed by atoms with Crippen molar-refractivity contribution in [2.24, 2.45) is 0 Å². The van der Waals surface area contributed by atoms with Crippen LogP contribution in [0.3, 0.4) is 0 Å². The predicted octanol–water partition coefficient (Wildman–Crippen LogP) is 4.10. The summed E-state index contributed by atoms with van der Waals surface area (Å²) in [5, 5.41) is 6.62. The summed E-state index contributed by atoms with van der Waals surface area (Å²) in [5.41, 5.74) is 0.574. The lowest BCUT2D eigenvalue weighted by Crippen LogP contribution is -2.42. The zero-order valence-corrected chi connectivity index (χ0v) is 16.6. The van der Waals surface area contributed by atoms with Crippen molar-refractivity contribution in [1.29, 1.82) is 0 Å². The SMILES string of the molecule is CC(C)(C)OC(=O)NC1CCC(Nc2ccccc2OC2CCOC2)CC1. The summed E-state index contributed by atoms with van der Waals surface area (Å²) in [6.45, 7) is 7.07. The zero-order valence-electron chi connectivity index (χ0n) is 16.6. The van der Waals surface area contributed by atoms with E-state index in [0.29, 0.717) is 12.6 Å². The van der Waals surface area contributed by atoms with E-state index in [2.05, 4.69) is 16.7 Å². The zero-order chi connectivity index (χ0) is 19.3. The van der Waals surface area contributed by atoms with Crippen LogP contribution in [0.4, 0.5) is 10.5 Å². The number of hydrogen-bond donors (Lipinski definition) is 2. The Kier molecular flexibility index (Phi) is 6.47. The Hall–Kier alpha value is -1.95. The number of benzene rings is 1. The Bertz CT molecular complexity index is 615. The number of hydrogen-bond acceptors (Lipinski definition) is 5. The molecule has 1 unspecified atom stereocenters. The van der Waals surface area contributed by atoms with Gasteiger partial charge in [-0.15, -0.1) is 0 Å². The van der Waals surface area contributed by atoms with Crippen LogP contribution in [0.1, 0.15) is 52.9 Å². The molecule has 150 valence electrons. The average molecular weight is 376 g/mol. The van der Waals surface area contributed by atoms with Crippen LogP contribution in [0.5, 0.6) is 5.75 Å². The van der Waals surface area contributed by atoms with Crippen molar-refractivity contribution in [3.8, 4) is 5.75 Å². The van der Waals surface area contributed by atoms with Crippen LogP contribution in [0, 0.1) is 0 Å². The number of alkyl carbamates (subject to hydrolysis) is 1. The molecule has 0 radical (unpaired) electrons. The summed E-state index contributed by atoms with van der Waals surface area (Å²) in [6.07, 6.45) is 4.64. The second-order valence-corrected chi connectivity index (χ2v) is 8.44. The van der Waals surface area contributed by atoms with Crippen LogP contribution >= 0.6 is 0 Å². The Morgan fingerprint density at radius 2 is 1.78 bits per heavy atom. The minimum atomic E-state index is -0.461. The van der Waals surface area contributed by atoms with Crippen molar-refractivity contribution in [2.45, 2.75) is 76.7 Å². The molecule has 1 aromatic carbocycles. The summed E-state index contributed by atoms with van der Waals surface area (Å²) in [5.74, 6) is 0.891. The first kappa shape index (κ1) is 19.8. The molecule has 6 heteroatoms. The Morgan fingerprint density at radius 3 is 2.44 bits per heavy atom. The Morgan fingerprint density at radius 1 is 1.07 bits per heavy atom. The molecule has 6 nitrogen and oxygen atoms in total. The fourth-order valence-electron chi connectivity index (χ4n) is 3.55. The highest BCUT2D eigenvalue weighted by Gasteiger charge is 2.25. The lowest BCUT2D eigenvalue weighted by Gasteiger charge is -2.31. The van der Waals surface area contributed by atoms with Crippen molar-refractivity contribution < 1.29 is 19.0 Å². The largest absolute Gasteiger partial charge is 0.486 e. The first-order valence-electron chi connectivity index (χ1n) is 9.98. The van der Waals surface area contributed by atoms with E-state index in [4.69, 9.17) is 14.2 Å². The maximum Gasteiger partial charge on any atom is 0.407 e. The molecule has 2 N–H and O–H groups in total. The van der Waals surface area contributed by atoms with Crippen molar-refractivity contribution in [3.63, 3.8) is 0 Å². The fourth-order valence-corrected chi connectivity index (χ4v) is 3.55. The van der Waals surface area contributed by atoms with E-state index in [1.807, 2.05) is 39.0 Å². The van der Waals surface area contributed by atoms with E-state index in [9.17, 15) is 4.79 Å². The van der Waals surface area contributed by atoms with Gasteiger partial charge in [0, 0.05) is 18.5 Å². The van der Waals surface area contributed by atoms with E-state index in [1.165, 1.54) is 0 Å². The van der Waals surface area contributed by atoms with Gasteiger partial charge in [-0.1, -0.05) is 12.1 Å². The van der Waals surface area contributed by atoms with Gasteiger partial charge in [0.2, 0.25) is 0 Å². The molecule has 1 aliphatic heterocycles. The highest BCUT2D eigenvalue weighted by molar-refractivity contribution is 5.68. The average Bonchev–Trinajstić information content (AvgIpc) is 3.10. The Labute approximate surface area is 161 Å². The van der Waals surface area contributed by atoms with Crippen LogP contribution in [0.25, 0.3) is 0 Å². The van der Waals surface area contributed by atoms with Gasteiger partial charge in [-0.2, -0.15) is 0 Å². The van der Waals surface area contributed by atoms with Crippen LogP contribution in [0.2, 0.25) is 0 Å². The van der Waals surface area contributed by atoms with Crippen LogP contribution in [0.15, 0.2) is 24.3 Å². The molecule has 0 aromatic heterocycles. The van der Waals surface area contributed by atoms with Crippen molar-refractivity contribution in [2.75, 3.05) is 18.5 Å². The van der Waals surface area contributed by atoms with Crippen LogP contribution in [-0.2, 0) is 9.47 Å². The lowest BCUT2D eigenvalue weighted by atomic mass is 9.91. The van der Waals surface area contributed by atoms with Gasteiger partial charge in [0.25, 0.3) is 0 Å². The van der Waals surface area contributed by atoms with Gasteiger partial charge < -0.3 is 24.8 Å². The van der Waals surface area contributed by atoms with Gasteiger partial charge in [-0.3, -0.25) is 0 Å². The van der Waals surface area contributed by atoms with Crippen molar-refractivity contribution in [1.82, 2.24) is 5.32 Å². The number of ether oxygens (including phenoxy) is 3. The van der Waals surface area contributed by atoms with Gasteiger partial charge >= 0.3 is 6.09 Å². The third-order valence-corrected chi connectivity index (χ3v) is 4.88. The van der Waals surface area contributed by atoms with Crippen molar-refractivity contribution >= 4 is 11.8 Å². The standard InChI is InChI=1S/C21H32N2O4/c1-21(2,3)27-20(24)23-16-10-8-15(9-11-16)22-18-6-4-5-7-19(18)26-17-12-13-25-14-17/h4-7,15-17,22H,8-14H2,1-3H3,(H,23,24). The molecule has 2 fully saturated rings. The number of nitrogens with one attached hydrogen (secondary N) is 2. The second kappa shape index (κ2) is 8.83.